The van der Waals surface area contributed by atoms with Crippen LogP contribution in [0.1, 0.15) is 101 Å². The van der Waals surface area contributed by atoms with E-state index in [1.165, 1.54) is 40.7 Å². The molecule has 0 unspecified atom stereocenters. The Labute approximate surface area is 211 Å². The van der Waals surface area contributed by atoms with Crippen LogP contribution in [-0.2, 0) is 17.3 Å². The summed E-state index contributed by atoms with van der Waals surface area (Å²) < 4.78 is 0. The van der Waals surface area contributed by atoms with Gasteiger partial charge in [0.05, 0.1) is 5.56 Å². The Morgan fingerprint density at radius 3 is 2.03 bits per heavy atom. The Bertz CT molecular complexity index is 985. The van der Waals surface area contributed by atoms with Crippen molar-refractivity contribution in [2.45, 2.75) is 78.6 Å². The van der Waals surface area contributed by atoms with Crippen molar-refractivity contribution in [3.05, 3.63) is 69.8 Å². The molecule has 1 aliphatic carbocycles. The SMILES string of the molecule is C/C(=C\c1ccc(C(=O)O)cc1)c1cc2c(cc1CC(C)C)C(C)(C)CCC2(C)C.[H-].[Na+]. The molecule has 3 heteroatoms. The van der Waals surface area contributed by atoms with Crippen molar-refractivity contribution >= 4 is 17.6 Å². The molecule has 31 heavy (non-hydrogen) atoms. The molecule has 2 aromatic rings. The van der Waals surface area contributed by atoms with Gasteiger partial charge in [0.15, 0.2) is 0 Å². The molecule has 2 nitrogen and oxygen atoms in total. The molecule has 2 aromatic carbocycles. The van der Waals surface area contributed by atoms with Gasteiger partial charge in [0.1, 0.15) is 0 Å². The predicted molar refractivity (Wildman–Crippen MR) is 128 cm³/mol. The van der Waals surface area contributed by atoms with Gasteiger partial charge in [0.2, 0.25) is 0 Å². The second-order valence-electron chi connectivity index (χ2n) is 10.7. The van der Waals surface area contributed by atoms with Crippen LogP contribution >= 0.6 is 0 Å². The molecule has 0 radical (unpaired) electrons. The van der Waals surface area contributed by atoms with Crippen LogP contribution in [0.3, 0.4) is 0 Å². The van der Waals surface area contributed by atoms with Crippen molar-refractivity contribution in [2.75, 3.05) is 0 Å². The zero-order valence-electron chi connectivity index (χ0n) is 21.6. The fourth-order valence-corrected chi connectivity index (χ4v) is 4.68. The van der Waals surface area contributed by atoms with Crippen LogP contribution in [0.15, 0.2) is 36.4 Å². The van der Waals surface area contributed by atoms with Gasteiger partial charge >= 0.3 is 35.5 Å². The van der Waals surface area contributed by atoms with Gasteiger partial charge in [-0.2, -0.15) is 0 Å². The van der Waals surface area contributed by atoms with Gasteiger partial charge in [-0.05, 0) is 88.5 Å². The number of carbonyl (C=O) groups is 1. The van der Waals surface area contributed by atoms with E-state index in [2.05, 4.69) is 66.7 Å². The zero-order chi connectivity index (χ0) is 22.3. The van der Waals surface area contributed by atoms with Crippen molar-refractivity contribution in [1.82, 2.24) is 0 Å². The van der Waals surface area contributed by atoms with E-state index < -0.39 is 5.97 Å². The minimum absolute atomic E-state index is 0. The monoisotopic (exact) mass is 428 g/mol. The number of benzene rings is 2. The standard InChI is InChI=1S/C28H36O2.Na.H/c1-18(2)14-22-16-24-25(28(6,7)13-12-27(24,4)5)17-23(22)19(3)15-20-8-10-21(11-9-20)26(29)30;;/h8-11,15-18H,12-14H2,1-7H3,(H,29,30);;/q;+1;-1/b19-15+;;. The maximum Gasteiger partial charge on any atom is 1.00 e. The third-order valence-corrected chi connectivity index (χ3v) is 6.67. The summed E-state index contributed by atoms with van der Waals surface area (Å²) in [6, 6.07) is 12.1. The molecule has 0 atom stereocenters. The van der Waals surface area contributed by atoms with Gasteiger partial charge in [0, 0.05) is 0 Å². The van der Waals surface area contributed by atoms with Gasteiger partial charge in [-0.1, -0.05) is 71.9 Å². The number of aromatic carboxylic acids is 1. The van der Waals surface area contributed by atoms with E-state index in [1.54, 1.807) is 12.1 Å². The number of carboxylic acid groups (broad SMARTS) is 1. The molecule has 1 aliphatic rings. The predicted octanol–water partition coefficient (Wildman–Crippen LogP) is 4.61. The average molecular weight is 429 g/mol. The van der Waals surface area contributed by atoms with Crippen molar-refractivity contribution in [2.24, 2.45) is 5.92 Å². The minimum atomic E-state index is -0.888. The smallest absolute Gasteiger partial charge is 1.00 e. The molecular weight excluding hydrogens is 391 g/mol. The summed E-state index contributed by atoms with van der Waals surface area (Å²) >= 11 is 0. The summed E-state index contributed by atoms with van der Waals surface area (Å²) in [5.74, 6) is -0.301. The Balaban J connectivity index is 0.00000256. The zero-order valence-corrected chi connectivity index (χ0v) is 22.6. The van der Waals surface area contributed by atoms with Crippen LogP contribution < -0.4 is 29.6 Å². The average Bonchev–Trinajstić information content (AvgIpc) is 2.65. The summed E-state index contributed by atoms with van der Waals surface area (Å²) in [6.45, 7) is 16.2. The molecule has 0 aromatic heterocycles. The number of fused-ring (bicyclic) bond motifs is 1. The Morgan fingerprint density at radius 1 is 1.03 bits per heavy atom. The minimum Gasteiger partial charge on any atom is -1.00 e. The second-order valence-corrected chi connectivity index (χ2v) is 10.7. The molecule has 3 rings (SSSR count). The summed E-state index contributed by atoms with van der Waals surface area (Å²) in [4.78, 5) is 11.1. The molecule has 0 aliphatic heterocycles. The van der Waals surface area contributed by atoms with Crippen LogP contribution in [0.2, 0.25) is 0 Å². The number of allylic oxidation sites excluding steroid dienone is 1. The van der Waals surface area contributed by atoms with E-state index in [9.17, 15) is 4.79 Å². The third kappa shape index (κ3) is 5.72. The van der Waals surface area contributed by atoms with Gasteiger partial charge in [-0.15, -0.1) is 0 Å². The third-order valence-electron chi connectivity index (χ3n) is 6.67. The van der Waals surface area contributed by atoms with Crippen LogP contribution in [0.25, 0.3) is 11.6 Å². The van der Waals surface area contributed by atoms with Crippen molar-refractivity contribution < 1.29 is 40.9 Å². The molecule has 1 N–H and O–H groups in total. The normalized spacial score (nSPS) is 17.1. The van der Waals surface area contributed by atoms with Crippen LogP contribution in [-0.4, -0.2) is 11.1 Å². The molecule has 162 valence electrons. The first-order valence-corrected chi connectivity index (χ1v) is 11.1. The molecule has 0 saturated heterocycles. The summed E-state index contributed by atoms with van der Waals surface area (Å²) in [7, 11) is 0. The van der Waals surface area contributed by atoms with Crippen molar-refractivity contribution in [1.29, 1.82) is 0 Å². The van der Waals surface area contributed by atoms with Crippen LogP contribution in [0.5, 0.6) is 0 Å². The molecule has 0 saturated carbocycles. The molecule has 0 fully saturated rings. The van der Waals surface area contributed by atoms with Crippen molar-refractivity contribution in [3.63, 3.8) is 0 Å². The van der Waals surface area contributed by atoms with E-state index >= 15 is 0 Å². The quantitative estimate of drug-likeness (QED) is 0.558. The van der Waals surface area contributed by atoms with E-state index in [0.29, 0.717) is 11.5 Å². The molecule has 0 spiro atoms. The molecule has 0 heterocycles. The Hall–Kier alpha value is -1.35. The number of hydrogen-bond donors (Lipinski definition) is 1. The fraction of sp³-hybridized carbons (Fsp3) is 0.464. The number of hydrogen-bond acceptors (Lipinski definition) is 1. The summed E-state index contributed by atoms with van der Waals surface area (Å²) in [6.07, 6.45) is 5.66. The van der Waals surface area contributed by atoms with E-state index in [0.717, 1.165) is 12.0 Å². The van der Waals surface area contributed by atoms with E-state index in [1.807, 2.05) is 12.1 Å². The largest absolute Gasteiger partial charge is 1.00 e. The van der Waals surface area contributed by atoms with Gasteiger partial charge < -0.3 is 6.53 Å². The second kappa shape index (κ2) is 9.65. The fourth-order valence-electron chi connectivity index (χ4n) is 4.68. The Kier molecular flexibility index (Phi) is 8.06. The van der Waals surface area contributed by atoms with Crippen LogP contribution in [0, 0.1) is 5.92 Å². The van der Waals surface area contributed by atoms with E-state index in [4.69, 9.17) is 5.11 Å². The first kappa shape index (κ1) is 25.9. The first-order valence-electron chi connectivity index (χ1n) is 11.1. The summed E-state index contributed by atoms with van der Waals surface area (Å²) in [5, 5.41) is 9.14. The first-order chi connectivity index (χ1) is 13.9. The maximum absolute atomic E-state index is 11.1. The number of rotatable bonds is 5. The van der Waals surface area contributed by atoms with Gasteiger partial charge in [-0.3, -0.25) is 0 Å². The van der Waals surface area contributed by atoms with Gasteiger partial charge in [-0.25, -0.2) is 4.79 Å². The Morgan fingerprint density at radius 2 is 1.55 bits per heavy atom. The molecule has 0 bridgehead atoms. The maximum atomic E-state index is 11.1. The van der Waals surface area contributed by atoms with Crippen molar-refractivity contribution in [3.8, 4) is 0 Å². The molecule has 0 amide bonds. The van der Waals surface area contributed by atoms with Gasteiger partial charge in [0.25, 0.3) is 0 Å². The summed E-state index contributed by atoms with van der Waals surface area (Å²) in [5.41, 5.74) is 8.72. The number of carboxylic acids is 1. The van der Waals surface area contributed by atoms with Crippen LogP contribution in [0.4, 0.5) is 0 Å². The van der Waals surface area contributed by atoms with E-state index in [-0.39, 0.29) is 41.8 Å². The molecular formula is C28H37NaO2. The topological polar surface area (TPSA) is 37.3 Å².